The summed E-state index contributed by atoms with van der Waals surface area (Å²) in [4.78, 5) is 53.8. The van der Waals surface area contributed by atoms with Crippen molar-refractivity contribution in [1.82, 2.24) is 15.1 Å². The zero-order valence-corrected chi connectivity index (χ0v) is 21.3. The second kappa shape index (κ2) is 10.1. The molecule has 2 fully saturated rings. The number of nitrogens with one attached hydrogen (secondary N) is 1. The molecule has 0 radical (unpaired) electrons. The van der Waals surface area contributed by atoms with Gasteiger partial charge in [0.15, 0.2) is 0 Å². The summed E-state index contributed by atoms with van der Waals surface area (Å²) in [6.45, 7) is 5.44. The lowest BCUT2D eigenvalue weighted by atomic mass is 9.64. The minimum atomic E-state index is -1.01. The fourth-order valence-corrected chi connectivity index (χ4v) is 5.52. The summed E-state index contributed by atoms with van der Waals surface area (Å²) in [5.41, 5.74) is -0.482. The van der Waals surface area contributed by atoms with Crippen LogP contribution >= 0.6 is 0 Å². The Kier molecular flexibility index (Phi) is 7.62. The van der Waals surface area contributed by atoms with Crippen molar-refractivity contribution in [3.63, 3.8) is 0 Å². The highest BCUT2D eigenvalue weighted by Crippen LogP contribution is 2.46. The highest BCUT2D eigenvalue weighted by Gasteiger charge is 2.56. The lowest BCUT2D eigenvalue weighted by Gasteiger charge is -2.43. The molecular formula is C25H35N3O7. The zero-order chi connectivity index (χ0) is 26.0. The SMILES string of the molecule is COC(=O)CN(Cc1cc(OC)cc(OC)c1)C(=O)CN1C(=O)NC2(CC(C)CC(C)(C)C2)C1=O. The van der Waals surface area contributed by atoms with E-state index in [1.165, 1.54) is 26.2 Å². The highest BCUT2D eigenvalue weighted by atomic mass is 16.5. The van der Waals surface area contributed by atoms with Gasteiger partial charge in [-0.05, 0) is 48.3 Å². The Hall–Kier alpha value is -3.30. The standard InChI is InChI=1S/C25H35N3O7/c1-16-10-24(2,3)15-25(11-16)22(31)28(23(32)26-25)13-20(29)27(14-21(30)35-6)12-17-7-18(33-4)9-19(8-17)34-5/h7-9,16H,10-15H2,1-6H3,(H,26,32). The van der Waals surface area contributed by atoms with E-state index in [1.807, 2.05) is 0 Å². The molecule has 35 heavy (non-hydrogen) atoms. The first-order chi connectivity index (χ1) is 16.4. The van der Waals surface area contributed by atoms with Crippen molar-refractivity contribution in [2.75, 3.05) is 34.4 Å². The van der Waals surface area contributed by atoms with Crippen LogP contribution in [0, 0.1) is 11.3 Å². The molecule has 0 aromatic heterocycles. The minimum Gasteiger partial charge on any atom is -0.497 e. The van der Waals surface area contributed by atoms with Gasteiger partial charge in [-0.15, -0.1) is 0 Å². The first kappa shape index (κ1) is 26.3. The molecule has 1 aromatic rings. The van der Waals surface area contributed by atoms with Crippen molar-refractivity contribution < 1.29 is 33.4 Å². The number of urea groups is 1. The maximum Gasteiger partial charge on any atom is 0.325 e. The molecule has 1 saturated carbocycles. The molecule has 1 N–H and O–H groups in total. The Morgan fingerprint density at radius 3 is 2.26 bits per heavy atom. The van der Waals surface area contributed by atoms with Crippen molar-refractivity contribution in [1.29, 1.82) is 0 Å². The van der Waals surface area contributed by atoms with Crippen molar-refractivity contribution in [2.45, 2.75) is 52.1 Å². The van der Waals surface area contributed by atoms with Gasteiger partial charge in [-0.2, -0.15) is 0 Å². The maximum absolute atomic E-state index is 13.4. The molecule has 4 amide bonds. The molecule has 0 bridgehead atoms. The van der Waals surface area contributed by atoms with E-state index in [0.29, 0.717) is 29.9 Å². The van der Waals surface area contributed by atoms with Gasteiger partial charge >= 0.3 is 12.0 Å². The van der Waals surface area contributed by atoms with Crippen LogP contribution in [-0.2, 0) is 25.7 Å². The number of benzene rings is 1. The smallest absolute Gasteiger partial charge is 0.325 e. The second-order valence-corrected chi connectivity index (χ2v) is 10.3. The lowest BCUT2D eigenvalue weighted by Crippen LogP contribution is -2.54. The van der Waals surface area contributed by atoms with Crippen LogP contribution in [0.2, 0.25) is 0 Å². The molecule has 2 unspecified atom stereocenters. The Bertz CT molecular complexity index is 987. The number of nitrogens with zero attached hydrogens (tertiary/aromatic N) is 2. The van der Waals surface area contributed by atoms with E-state index >= 15 is 0 Å². The lowest BCUT2D eigenvalue weighted by molar-refractivity contribution is -0.148. The predicted octanol–water partition coefficient (Wildman–Crippen LogP) is 2.34. The first-order valence-corrected chi connectivity index (χ1v) is 11.6. The van der Waals surface area contributed by atoms with Gasteiger partial charge in [0.1, 0.15) is 30.1 Å². The summed E-state index contributed by atoms with van der Waals surface area (Å²) < 4.78 is 15.3. The van der Waals surface area contributed by atoms with Crippen molar-refractivity contribution >= 4 is 23.8 Å². The summed E-state index contributed by atoms with van der Waals surface area (Å²) in [6.07, 6.45) is 1.99. The summed E-state index contributed by atoms with van der Waals surface area (Å²) in [6, 6.07) is 4.53. The molecule has 1 aromatic carbocycles. The van der Waals surface area contributed by atoms with Crippen LogP contribution in [0.15, 0.2) is 18.2 Å². The van der Waals surface area contributed by atoms with E-state index in [1.54, 1.807) is 18.2 Å². The van der Waals surface area contributed by atoms with Crippen LogP contribution in [0.1, 0.15) is 45.6 Å². The number of amides is 4. The molecular weight excluding hydrogens is 454 g/mol. The summed E-state index contributed by atoms with van der Waals surface area (Å²) >= 11 is 0. The monoisotopic (exact) mass is 489 g/mol. The van der Waals surface area contributed by atoms with Crippen LogP contribution in [0.25, 0.3) is 0 Å². The van der Waals surface area contributed by atoms with Gasteiger partial charge in [0.2, 0.25) is 5.91 Å². The molecule has 1 heterocycles. The second-order valence-electron chi connectivity index (χ2n) is 10.3. The van der Waals surface area contributed by atoms with E-state index in [2.05, 4.69) is 26.1 Å². The molecule has 2 aliphatic rings. The molecule has 1 aliphatic carbocycles. The quantitative estimate of drug-likeness (QED) is 0.440. The average Bonchev–Trinajstić information content (AvgIpc) is 2.99. The van der Waals surface area contributed by atoms with E-state index < -0.39 is 35.9 Å². The van der Waals surface area contributed by atoms with Crippen LogP contribution in [0.3, 0.4) is 0 Å². The number of carbonyl (C=O) groups excluding carboxylic acids is 4. The third-order valence-electron chi connectivity index (χ3n) is 6.60. The highest BCUT2D eigenvalue weighted by molar-refractivity contribution is 6.09. The van der Waals surface area contributed by atoms with Crippen molar-refractivity contribution in [3.05, 3.63) is 23.8 Å². The van der Waals surface area contributed by atoms with E-state index in [0.717, 1.165) is 11.3 Å². The topological polar surface area (TPSA) is 114 Å². The van der Waals surface area contributed by atoms with Gasteiger partial charge in [0, 0.05) is 12.6 Å². The number of ether oxygens (including phenoxy) is 3. The van der Waals surface area contributed by atoms with E-state index in [4.69, 9.17) is 14.2 Å². The number of rotatable bonds is 8. The van der Waals surface area contributed by atoms with Gasteiger partial charge in [0.05, 0.1) is 21.3 Å². The number of carbonyl (C=O) groups is 4. The number of methoxy groups -OCH3 is 3. The maximum atomic E-state index is 13.4. The fraction of sp³-hybridized carbons (Fsp3) is 0.600. The molecule has 1 spiro atoms. The molecule has 3 rings (SSSR count). The minimum absolute atomic E-state index is 0.0281. The van der Waals surface area contributed by atoms with Crippen molar-refractivity contribution in [2.24, 2.45) is 11.3 Å². The molecule has 1 saturated heterocycles. The van der Waals surface area contributed by atoms with Crippen LogP contribution < -0.4 is 14.8 Å². The summed E-state index contributed by atoms with van der Waals surface area (Å²) in [7, 11) is 4.25. The van der Waals surface area contributed by atoms with Gasteiger partial charge < -0.3 is 24.4 Å². The Balaban J connectivity index is 1.82. The average molecular weight is 490 g/mol. The van der Waals surface area contributed by atoms with Gasteiger partial charge in [-0.25, -0.2) is 4.79 Å². The Morgan fingerprint density at radius 1 is 1.09 bits per heavy atom. The Morgan fingerprint density at radius 2 is 1.71 bits per heavy atom. The van der Waals surface area contributed by atoms with Gasteiger partial charge in [-0.3, -0.25) is 19.3 Å². The number of hydrogen-bond donors (Lipinski definition) is 1. The number of imide groups is 1. The van der Waals surface area contributed by atoms with Crippen LogP contribution in [-0.4, -0.2) is 73.6 Å². The third kappa shape index (κ3) is 5.86. The van der Waals surface area contributed by atoms with Gasteiger partial charge in [-0.1, -0.05) is 20.8 Å². The molecule has 10 nitrogen and oxygen atoms in total. The number of esters is 1. The summed E-state index contributed by atoms with van der Waals surface area (Å²) in [5, 5.41) is 2.87. The molecule has 192 valence electrons. The van der Waals surface area contributed by atoms with Crippen LogP contribution in [0.5, 0.6) is 11.5 Å². The van der Waals surface area contributed by atoms with E-state index in [-0.39, 0.29) is 24.4 Å². The molecule has 1 aliphatic heterocycles. The predicted molar refractivity (Wildman–Crippen MR) is 127 cm³/mol. The van der Waals surface area contributed by atoms with Gasteiger partial charge in [0.25, 0.3) is 5.91 Å². The largest absolute Gasteiger partial charge is 0.497 e. The third-order valence-corrected chi connectivity index (χ3v) is 6.60. The first-order valence-electron chi connectivity index (χ1n) is 11.6. The number of hydrogen-bond acceptors (Lipinski definition) is 7. The molecule has 10 heteroatoms. The van der Waals surface area contributed by atoms with E-state index in [9.17, 15) is 19.2 Å². The van der Waals surface area contributed by atoms with Crippen LogP contribution in [0.4, 0.5) is 4.79 Å². The summed E-state index contributed by atoms with van der Waals surface area (Å²) in [5.74, 6) is -0.274. The fourth-order valence-electron chi connectivity index (χ4n) is 5.52. The van der Waals surface area contributed by atoms with Crippen molar-refractivity contribution in [3.8, 4) is 11.5 Å². The molecule has 2 atom stereocenters. The Labute approximate surface area is 205 Å². The zero-order valence-electron chi connectivity index (χ0n) is 21.3. The normalized spacial score (nSPS) is 23.1.